The standard InChI is InChI=1S/C21H27ClFN5O2/c1-27-6-2-4-13(27)11-30-20-25-17-15(10-24-18(22)16(17)23)19(26-20)28-7-3-5-21(12-28)8-14(29)9-21/h10,13-14,29H,2-9,11-12H2,1H3/t13-,14?,21?/m0/s1. The first-order valence-corrected chi connectivity index (χ1v) is 11.1. The van der Waals surface area contributed by atoms with Gasteiger partial charge in [0.15, 0.2) is 11.0 Å². The Morgan fingerprint density at radius 3 is 2.87 bits per heavy atom. The van der Waals surface area contributed by atoms with E-state index in [1.807, 2.05) is 0 Å². The first kappa shape index (κ1) is 20.2. The molecule has 2 saturated heterocycles. The maximum Gasteiger partial charge on any atom is 0.319 e. The molecule has 0 unspecified atom stereocenters. The van der Waals surface area contributed by atoms with Crippen molar-refractivity contribution in [3.8, 4) is 6.01 Å². The summed E-state index contributed by atoms with van der Waals surface area (Å²) in [7, 11) is 2.08. The summed E-state index contributed by atoms with van der Waals surface area (Å²) in [5.74, 6) is -0.00949. The van der Waals surface area contributed by atoms with E-state index >= 15 is 0 Å². The Bertz CT molecular complexity index is 949. The highest BCUT2D eigenvalue weighted by molar-refractivity contribution is 6.30. The third-order valence-corrected chi connectivity index (χ3v) is 7.24. The number of halogens is 2. The van der Waals surface area contributed by atoms with Gasteiger partial charge in [0.25, 0.3) is 0 Å². The summed E-state index contributed by atoms with van der Waals surface area (Å²) in [5.41, 5.74) is 0.254. The quantitative estimate of drug-likeness (QED) is 0.740. The van der Waals surface area contributed by atoms with E-state index in [0.29, 0.717) is 23.9 Å². The number of aliphatic hydroxyl groups excluding tert-OH is 1. The van der Waals surface area contributed by atoms with Crippen LogP contribution in [0.3, 0.4) is 0 Å². The lowest BCUT2D eigenvalue weighted by atomic mass is 9.62. The lowest BCUT2D eigenvalue weighted by Crippen LogP contribution is -2.52. The normalized spacial score (nSPS) is 29.5. The van der Waals surface area contributed by atoms with Crippen molar-refractivity contribution in [2.75, 3.05) is 38.2 Å². The molecular formula is C21H27ClFN5O2. The molecule has 1 spiro atoms. The van der Waals surface area contributed by atoms with Gasteiger partial charge in [0, 0.05) is 25.3 Å². The van der Waals surface area contributed by atoms with Gasteiger partial charge in [-0.3, -0.25) is 0 Å². The van der Waals surface area contributed by atoms with Gasteiger partial charge >= 0.3 is 6.01 Å². The van der Waals surface area contributed by atoms with Crippen LogP contribution in [-0.4, -0.2) is 70.4 Å². The Kier molecular flexibility index (Phi) is 5.19. The third-order valence-electron chi connectivity index (χ3n) is 6.98. The van der Waals surface area contributed by atoms with Crippen LogP contribution in [0.15, 0.2) is 6.20 Å². The molecule has 5 rings (SSSR count). The molecule has 1 saturated carbocycles. The van der Waals surface area contributed by atoms with E-state index in [1.165, 1.54) is 0 Å². The highest BCUT2D eigenvalue weighted by Gasteiger charge is 2.46. The molecule has 7 nitrogen and oxygen atoms in total. The minimum absolute atomic E-state index is 0.112. The van der Waals surface area contributed by atoms with Gasteiger partial charge in [-0.2, -0.15) is 9.97 Å². The Balaban J connectivity index is 1.48. The lowest BCUT2D eigenvalue weighted by Gasteiger charge is -2.51. The number of aliphatic hydroxyl groups is 1. The molecule has 2 aliphatic heterocycles. The molecule has 1 aliphatic carbocycles. The second-order valence-corrected chi connectivity index (χ2v) is 9.49. The number of pyridine rings is 1. The number of hydrogen-bond acceptors (Lipinski definition) is 7. The van der Waals surface area contributed by atoms with Crippen molar-refractivity contribution in [1.82, 2.24) is 19.9 Å². The minimum atomic E-state index is -0.647. The van der Waals surface area contributed by atoms with Crippen molar-refractivity contribution >= 4 is 28.3 Å². The van der Waals surface area contributed by atoms with Gasteiger partial charge in [0.2, 0.25) is 0 Å². The lowest BCUT2D eigenvalue weighted by molar-refractivity contribution is -0.0396. The highest BCUT2D eigenvalue weighted by Crippen LogP contribution is 2.48. The highest BCUT2D eigenvalue weighted by atomic mass is 35.5. The molecule has 2 aromatic heterocycles. The zero-order valence-corrected chi connectivity index (χ0v) is 17.9. The molecule has 0 aromatic carbocycles. The van der Waals surface area contributed by atoms with Crippen LogP contribution < -0.4 is 9.64 Å². The van der Waals surface area contributed by atoms with Crippen molar-refractivity contribution in [3.63, 3.8) is 0 Å². The van der Waals surface area contributed by atoms with E-state index in [1.54, 1.807) is 6.20 Å². The van der Waals surface area contributed by atoms with Crippen LogP contribution in [0.1, 0.15) is 38.5 Å². The van der Waals surface area contributed by atoms with Crippen LogP contribution in [0.25, 0.3) is 10.9 Å². The van der Waals surface area contributed by atoms with E-state index in [0.717, 1.165) is 58.2 Å². The summed E-state index contributed by atoms with van der Waals surface area (Å²) in [4.78, 5) is 17.5. The van der Waals surface area contributed by atoms with Crippen molar-refractivity contribution < 1.29 is 14.2 Å². The van der Waals surface area contributed by atoms with E-state index in [4.69, 9.17) is 16.3 Å². The molecule has 3 aliphatic rings. The summed E-state index contributed by atoms with van der Waals surface area (Å²) in [6.07, 6.45) is 7.26. The number of hydrogen-bond donors (Lipinski definition) is 1. The number of nitrogens with zero attached hydrogens (tertiary/aromatic N) is 5. The van der Waals surface area contributed by atoms with Crippen molar-refractivity contribution in [1.29, 1.82) is 0 Å². The van der Waals surface area contributed by atoms with Crippen LogP contribution in [0.2, 0.25) is 5.15 Å². The second kappa shape index (κ2) is 7.73. The first-order chi connectivity index (χ1) is 14.4. The topological polar surface area (TPSA) is 74.6 Å². The Morgan fingerprint density at radius 1 is 1.30 bits per heavy atom. The molecule has 4 heterocycles. The molecule has 1 atom stereocenters. The fourth-order valence-electron chi connectivity index (χ4n) is 5.33. The molecule has 0 amide bonds. The number of likely N-dealkylation sites (N-methyl/N-ethyl adjacent to an activating group) is 1. The summed E-state index contributed by atoms with van der Waals surface area (Å²) in [5, 5.41) is 10.2. The molecule has 3 fully saturated rings. The summed E-state index contributed by atoms with van der Waals surface area (Å²) in [6.45, 7) is 3.12. The maximum atomic E-state index is 14.8. The first-order valence-electron chi connectivity index (χ1n) is 10.7. The number of aromatic nitrogens is 3. The maximum absolute atomic E-state index is 14.8. The second-order valence-electron chi connectivity index (χ2n) is 9.13. The molecule has 0 bridgehead atoms. The molecule has 9 heteroatoms. The van der Waals surface area contributed by atoms with Gasteiger partial charge in [-0.05, 0) is 57.5 Å². The Hall–Kier alpha value is -1.77. The minimum Gasteiger partial charge on any atom is -0.462 e. The SMILES string of the molecule is CN1CCC[C@H]1COc1nc(N2CCCC3(CC(O)C3)C2)c2cnc(Cl)c(F)c2n1. The average Bonchev–Trinajstić information content (AvgIpc) is 3.13. The number of ether oxygens (including phenoxy) is 1. The monoisotopic (exact) mass is 435 g/mol. The van der Waals surface area contributed by atoms with Crippen LogP contribution >= 0.6 is 11.6 Å². The van der Waals surface area contributed by atoms with Crippen LogP contribution in [0.5, 0.6) is 6.01 Å². The van der Waals surface area contributed by atoms with E-state index in [9.17, 15) is 9.50 Å². The van der Waals surface area contributed by atoms with Crippen molar-refractivity contribution in [2.24, 2.45) is 5.41 Å². The predicted molar refractivity (Wildman–Crippen MR) is 113 cm³/mol. The number of fused-ring (bicyclic) bond motifs is 1. The smallest absolute Gasteiger partial charge is 0.319 e. The van der Waals surface area contributed by atoms with Crippen LogP contribution in [0, 0.1) is 11.2 Å². The van der Waals surface area contributed by atoms with Crippen LogP contribution in [-0.2, 0) is 0 Å². The molecule has 1 N–H and O–H groups in total. The molecular weight excluding hydrogens is 409 g/mol. The Morgan fingerprint density at radius 2 is 2.13 bits per heavy atom. The largest absolute Gasteiger partial charge is 0.462 e. The summed E-state index contributed by atoms with van der Waals surface area (Å²) >= 11 is 5.94. The van der Waals surface area contributed by atoms with Gasteiger partial charge in [-0.1, -0.05) is 11.6 Å². The van der Waals surface area contributed by atoms with E-state index in [2.05, 4.69) is 31.8 Å². The van der Waals surface area contributed by atoms with Gasteiger partial charge in [-0.25, -0.2) is 9.37 Å². The van der Waals surface area contributed by atoms with Crippen molar-refractivity contribution in [2.45, 2.75) is 50.7 Å². The van der Waals surface area contributed by atoms with Gasteiger partial charge in [-0.15, -0.1) is 0 Å². The molecule has 0 radical (unpaired) electrons. The van der Waals surface area contributed by atoms with Gasteiger partial charge in [0.1, 0.15) is 17.9 Å². The number of piperidine rings is 1. The van der Waals surface area contributed by atoms with Gasteiger partial charge in [0.05, 0.1) is 11.5 Å². The summed E-state index contributed by atoms with van der Waals surface area (Å²) in [6, 6.07) is 0.487. The fraction of sp³-hybridized carbons (Fsp3) is 0.667. The number of likely N-dealkylation sites (tertiary alicyclic amines) is 1. The van der Waals surface area contributed by atoms with E-state index < -0.39 is 5.82 Å². The third kappa shape index (κ3) is 3.59. The fourth-order valence-corrected chi connectivity index (χ4v) is 5.47. The van der Waals surface area contributed by atoms with Gasteiger partial charge < -0.3 is 19.6 Å². The number of rotatable bonds is 4. The van der Waals surface area contributed by atoms with Crippen LogP contribution in [0.4, 0.5) is 10.2 Å². The molecule has 2 aromatic rings. The zero-order valence-electron chi connectivity index (χ0n) is 17.2. The Labute approximate surface area is 180 Å². The van der Waals surface area contributed by atoms with E-state index in [-0.39, 0.29) is 28.2 Å². The molecule has 30 heavy (non-hydrogen) atoms. The van der Waals surface area contributed by atoms with Crippen molar-refractivity contribution in [3.05, 3.63) is 17.2 Å². The molecule has 162 valence electrons. The summed E-state index contributed by atoms with van der Waals surface area (Å²) < 4.78 is 20.8. The average molecular weight is 436 g/mol. The number of anilines is 1. The predicted octanol–water partition coefficient (Wildman–Crippen LogP) is 3.03. The zero-order chi connectivity index (χ0) is 20.9.